The van der Waals surface area contributed by atoms with Crippen molar-refractivity contribution in [2.75, 3.05) is 13.7 Å². The minimum atomic E-state index is 0.325. The van der Waals surface area contributed by atoms with Crippen molar-refractivity contribution in [2.45, 2.75) is 18.8 Å². The van der Waals surface area contributed by atoms with E-state index in [0.717, 1.165) is 18.6 Å². The SMILES string of the molecule is COc1ccccc1C1CC(CO)C1. The zero-order chi connectivity index (χ0) is 9.97. The quantitative estimate of drug-likeness (QED) is 0.795. The maximum atomic E-state index is 8.95. The van der Waals surface area contributed by atoms with Crippen LogP contribution < -0.4 is 4.74 Å². The van der Waals surface area contributed by atoms with E-state index in [9.17, 15) is 0 Å². The van der Waals surface area contributed by atoms with Crippen molar-refractivity contribution in [1.82, 2.24) is 0 Å². The van der Waals surface area contributed by atoms with Gasteiger partial charge in [0.15, 0.2) is 0 Å². The van der Waals surface area contributed by atoms with Crippen LogP contribution in [0.15, 0.2) is 24.3 Å². The molecule has 1 fully saturated rings. The second-order valence-corrected chi connectivity index (χ2v) is 3.96. The maximum absolute atomic E-state index is 8.95. The molecule has 1 aromatic rings. The zero-order valence-corrected chi connectivity index (χ0v) is 8.44. The molecule has 1 aliphatic rings. The van der Waals surface area contributed by atoms with Gasteiger partial charge in [-0.05, 0) is 36.3 Å². The first-order chi connectivity index (χ1) is 6.85. The molecule has 1 N–H and O–H groups in total. The number of rotatable bonds is 3. The lowest BCUT2D eigenvalue weighted by molar-refractivity contribution is 0.141. The Morgan fingerprint density at radius 1 is 1.36 bits per heavy atom. The molecule has 0 unspecified atom stereocenters. The summed E-state index contributed by atoms with van der Waals surface area (Å²) in [7, 11) is 1.71. The van der Waals surface area contributed by atoms with Gasteiger partial charge in [-0.3, -0.25) is 0 Å². The van der Waals surface area contributed by atoms with Crippen LogP contribution in [0, 0.1) is 5.92 Å². The second kappa shape index (κ2) is 4.01. The summed E-state index contributed by atoms with van der Waals surface area (Å²) in [6.45, 7) is 0.325. The number of aliphatic hydroxyl groups excluding tert-OH is 1. The van der Waals surface area contributed by atoms with Crippen LogP contribution in [-0.4, -0.2) is 18.8 Å². The molecule has 0 aromatic heterocycles. The number of aliphatic hydroxyl groups is 1. The van der Waals surface area contributed by atoms with Crippen molar-refractivity contribution in [3.63, 3.8) is 0 Å². The van der Waals surface area contributed by atoms with E-state index in [2.05, 4.69) is 6.07 Å². The number of ether oxygens (including phenoxy) is 1. The Hall–Kier alpha value is -1.02. The van der Waals surface area contributed by atoms with Crippen LogP contribution in [0.25, 0.3) is 0 Å². The summed E-state index contributed by atoms with van der Waals surface area (Å²) in [5.41, 5.74) is 1.29. The lowest BCUT2D eigenvalue weighted by Gasteiger charge is -2.35. The van der Waals surface area contributed by atoms with Gasteiger partial charge in [0.2, 0.25) is 0 Å². The molecule has 0 heterocycles. The predicted molar refractivity (Wildman–Crippen MR) is 55.5 cm³/mol. The molecule has 0 spiro atoms. The summed E-state index contributed by atoms with van der Waals surface area (Å²) in [5.74, 6) is 2.07. The third kappa shape index (κ3) is 1.62. The minimum absolute atomic E-state index is 0.325. The van der Waals surface area contributed by atoms with E-state index in [1.54, 1.807) is 7.11 Å². The molecular formula is C12H16O2. The molecular weight excluding hydrogens is 176 g/mol. The van der Waals surface area contributed by atoms with Gasteiger partial charge in [-0.15, -0.1) is 0 Å². The summed E-state index contributed by atoms with van der Waals surface area (Å²) in [5, 5.41) is 8.95. The maximum Gasteiger partial charge on any atom is 0.122 e. The van der Waals surface area contributed by atoms with Gasteiger partial charge in [0.1, 0.15) is 5.75 Å². The van der Waals surface area contributed by atoms with Crippen molar-refractivity contribution in [3.05, 3.63) is 29.8 Å². The average Bonchev–Trinajstić information content (AvgIpc) is 2.17. The molecule has 2 rings (SSSR count). The highest BCUT2D eigenvalue weighted by Gasteiger charge is 2.31. The second-order valence-electron chi connectivity index (χ2n) is 3.96. The van der Waals surface area contributed by atoms with Crippen LogP contribution in [0.5, 0.6) is 5.75 Å². The molecule has 0 atom stereocenters. The van der Waals surface area contributed by atoms with E-state index in [-0.39, 0.29) is 0 Å². The molecule has 76 valence electrons. The van der Waals surface area contributed by atoms with Gasteiger partial charge in [0.25, 0.3) is 0 Å². The van der Waals surface area contributed by atoms with Crippen LogP contribution in [0.1, 0.15) is 24.3 Å². The molecule has 1 aromatic carbocycles. The number of para-hydroxylation sites is 1. The van der Waals surface area contributed by atoms with Gasteiger partial charge in [-0.2, -0.15) is 0 Å². The summed E-state index contributed by atoms with van der Waals surface area (Å²) in [6, 6.07) is 8.16. The topological polar surface area (TPSA) is 29.5 Å². The summed E-state index contributed by atoms with van der Waals surface area (Å²) in [4.78, 5) is 0. The van der Waals surface area contributed by atoms with E-state index >= 15 is 0 Å². The molecule has 1 saturated carbocycles. The van der Waals surface area contributed by atoms with Gasteiger partial charge in [-0.1, -0.05) is 18.2 Å². The molecule has 0 amide bonds. The Bertz CT molecular complexity index is 303. The lowest BCUT2D eigenvalue weighted by Crippen LogP contribution is -2.24. The van der Waals surface area contributed by atoms with Crippen molar-refractivity contribution >= 4 is 0 Å². The average molecular weight is 192 g/mol. The fraction of sp³-hybridized carbons (Fsp3) is 0.500. The van der Waals surface area contributed by atoms with Crippen molar-refractivity contribution in [3.8, 4) is 5.75 Å². The molecule has 0 bridgehead atoms. The summed E-state index contributed by atoms with van der Waals surface area (Å²) in [6.07, 6.45) is 2.19. The number of hydrogen-bond acceptors (Lipinski definition) is 2. The van der Waals surface area contributed by atoms with Gasteiger partial charge in [-0.25, -0.2) is 0 Å². The monoisotopic (exact) mass is 192 g/mol. The van der Waals surface area contributed by atoms with Crippen LogP contribution >= 0.6 is 0 Å². The highest BCUT2D eigenvalue weighted by atomic mass is 16.5. The third-order valence-electron chi connectivity index (χ3n) is 3.07. The van der Waals surface area contributed by atoms with Crippen LogP contribution in [0.2, 0.25) is 0 Å². The van der Waals surface area contributed by atoms with E-state index in [1.807, 2.05) is 18.2 Å². The molecule has 2 heteroatoms. The summed E-state index contributed by atoms with van der Waals surface area (Å²) >= 11 is 0. The van der Waals surface area contributed by atoms with Gasteiger partial charge in [0, 0.05) is 6.61 Å². The smallest absolute Gasteiger partial charge is 0.122 e. The van der Waals surface area contributed by atoms with Crippen molar-refractivity contribution in [1.29, 1.82) is 0 Å². The molecule has 2 nitrogen and oxygen atoms in total. The van der Waals surface area contributed by atoms with Crippen molar-refractivity contribution in [2.24, 2.45) is 5.92 Å². The predicted octanol–water partition coefficient (Wildman–Crippen LogP) is 2.18. The van der Waals surface area contributed by atoms with Crippen LogP contribution in [0.3, 0.4) is 0 Å². The van der Waals surface area contributed by atoms with E-state index in [4.69, 9.17) is 9.84 Å². The minimum Gasteiger partial charge on any atom is -0.496 e. The number of hydrogen-bond donors (Lipinski definition) is 1. The van der Waals surface area contributed by atoms with Crippen LogP contribution in [0.4, 0.5) is 0 Å². The van der Waals surface area contributed by atoms with Crippen LogP contribution in [-0.2, 0) is 0 Å². The number of methoxy groups -OCH3 is 1. The fourth-order valence-electron chi connectivity index (χ4n) is 2.14. The fourth-order valence-corrected chi connectivity index (χ4v) is 2.14. The first-order valence-electron chi connectivity index (χ1n) is 5.09. The Morgan fingerprint density at radius 3 is 2.71 bits per heavy atom. The van der Waals surface area contributed by atoms with E-state index in [0.29, 0.717) is 18.4 Å². The Labute approximate surface area is 84.5 Å². The number of benzene rings is 1. The molecule has 1 aliphatic carbocycles. The summed E-state index contributed by atoms with van der Waals surface area (Å²) < 4.78 is 5.31. The van der Waals surface area contributed by atoms with E-state index in [1.165, 1.54) is 5.56 Å². The normalized spacial score (nSPS) is 25.6. The van der Waals surface area contributed by atoms with E-state index < -0.39 is 0 Å². The highest BCUT2D eigenvalue weighted by Crippen LogP contribution is 2.44. The molecule has 0 saturated heterocycles. The first-order valence-corrected chi connectivity index (χ1v) is 5.09. The highest BCUT2D eigenvalue weighted by molar-refractivity contribution is 5.37. The van der Waals surface area contributed by atoms with Gasteiger partial charge in [0.05, 0.1) is 7.11 Å². The largest absolute Gasteiger partial charge is 0.496 e. The molecule has 0 aliphatic heterocycles. The standard InChI is InChI=1S/C12H16O2/c1-14-12-5-3-2-4-11(12)10-6-9(7-10)8-13/h2-5,9-10,13H,6-8H2,1H3. The third-order valence-corrected chi connectivity index (χ3v) is 3.07. The Balaban J connectivity index is 2.10. The molecule has 14 heavy (non-hydrogen) atoms. The zero-order valence-electron chi connectivity index (χ0n) is 8.44. The molecule has 0 radical (unpaired) electrons. The Morgan fingerprint density at radius 2 is 2.07 bits per heavy atom. The van der Waals surface area contributed by atoms with Gasteiger partial charge < -0.3 is 9.84 Å². The van der Waals surface area contributed by atoms with Gasteiger partial charge >= 0.3 is 0 Å². The lowest BCUT2D eigenvalue weighted by atomic mass is 9.71. The Kier molecular flexibility index (Phi) is 2.73. The van der Waals surface area contributed by atoms with Crippen molar-refractivity contribution < 1.29 is 9.84 Å². The first kappa shape index (κ1) is 9.53.